The number of likely N-dealkylation sites (tertiary alicyclic amines) is 1. The Morgan fingerprint density at radius 2 is 1.80 bits per heavy atom. The highest BCUT2D eigenvalue weighted by atomic mass is 16.6. The highest BCUT2D eigenvalue weighted by molar-refractivity contribution is 6.06. The maximum absolute atomic E-state index is 14.6. The lowest BCUT2D eigenvalue weighted by Crippen LogP contribution is -2.56. The SMILES string of the molecule is CC[C@]12/C=C\CCCCOC(=O)[C@H]1[C@H]1C(=O)N(CCCO)C3C(=O)N(c4ccc5ccccc5c4)CC=C[C@@]31O2. The molecule has 4 heterocycles. The van der Waals surface area contributed by atoms with E-state index >= 15 is 0 Å². The van der Waals surface area contributed by atoms with Crippen LogP contribution < -0.4 is 4.90 Å². The van der Waals surface area contributed by atoms with Crippen molar-refractivity contribution in [2.24, 2.45) is 11.8 Å². The zero-order valence-electron chi connectivity index (χ0n) is 22.8. The molecule has 0 saturated carbocycles. The number of allylic oxidation sites excluding steroid dienone is 1. The minimum absolute atomic E-state index is 0.124. The summed E-state index contributed by atoms with van der Waals surface area (Å²) >= 11 is 0. The van der Waals surface area contributed by atoms with Crippen molar-refractivity contribution < 1.29 is 29.0 Å². The molecular formula is C32H36N2O6. The van der Waals surface area contributed by atoms with Crippen molar-refractivity contribution in [3.63, 3.8) is 0 Å². The number of cyclic esters (lactones) is 1. The molecule has 0 aliphatic carbocycles. The van der Waals surface area contributed by atoms with Gasteiger partial charge >= 0.3 is 5.97 Å². The van der Waals surface area contributed by atoms with Crippen LogP contribution in [0.5, 0.6) is 0 Å². The number of anilines is 1. The summed E-state index contributed by atoms with van der Waals surface area (Å²) in [5.41, 5.74) is -1.68. The van der Waals surface area contributed by atoms with Gasteiger partial charge in [-0.2, -0.15) is 0 Å². The summed E-state index contributed by atoms with van der Waals surface area (Å²) in [5, 5.41) is 11.7. The molecule has 4 aliphatic rings. The molecule has 1 spiro atoms. The second-order valence-corrected chi connectivity index (χ2v) is 11.2. The molecule has 8 nitrogen and oxygen atoms in total. The lowest BCUT2D eigenvalue weighted by molar-refractivity contribution is -0.160. The molecule has 6 rings (SSSR count). The molecule has 1 unspecified atom stereocenters. The van der Waals surface area contributed by atoms with E-state index in [9.17, 15) is 19.5 Å². The van der Waals surface area contributed by atoms with Crippen LogP contribution in [0.1, 0.15) is 39.0 Å². The van der Waals surface area contributed by atoms with E-state index in [2.05, 4.69) is 0 Å². The number of amides is 2. The van der Waals surface area contributed by atoms with E-state index in [-0.39, 0.29) is 25.0 Å². The molecule has 2 saturated heterocycles. The standard InChI is InChI=1S/C32H36N2O6/c1-2-31-15-7-3-4-8-20-39-30(38)26(31)25-28(36)34(18-10-19-35)27-29(37)33(17-9-16-32(25,27)40-31)24-14-13-22-11-5-6-12-23(22)21-24/h5-7,9,11-16,21,25-27,35H,2-4,8,10,17-20H2,1H3/b15-7-/t25-,26+,27?,31-,32-/m0/s1. The van der Waals surface area contributed by atoms with Gasteiger partial charge in [-0.15, -0.1) is 0 Å². The van der Waals surface area contributed by atoms with E-state index in [1.807, 2.05) is 73.7 Å². The maximum Gasteiger partial charge on any atom is 0.313 e. The van der Waals surface area contributed by atoms with Crippen molar-refractivity contribution in [1.82, 2.24) is 4.90 Å². The number of fused-ring (bicyclic) bond motifs is 3. The minimum Gasteiger partial charge on any atom is -0.465 e. The number of nitrogens with zero attached hydrogens (tertiary/aromatic N) is 2. The fourth-order valence-electron chi connectivity index (χ4n) is 7.10. The Morgan fingerprint density at radius 3 is 2.60 bits per heavy atom. The second kappa shape index (κ2) is 10.5. The van der Waals surface area contributed by atoms with Crippen molar-refractivity contribution in [1.29, 1.82) is 0 Å². The number of rotatable bonds is 5. The van der Waals surface area contributed by atoms with Crippen molar-refractivity contribution in [2.45, 2.75) is 56.3 Å². The Hall–Kier alpha value is -3.49. The van der Waals surface area contributed by atoms with Crippen LogP contribution in [0.3, 0.4) is 0 Å². The van der Waals surface area contributed by atoms with Gasteiger partial charge in [-0.1, -0.05) is 61.6 Å². The lowest BCUT2D eigenvalue weighted by Gasteiger charge is -2.38. The van der Waals surface area contributed by atoms with E-state index in [0.29, 0.717) is 26.0 Å². The largest absolute Gasteiger partial charge is 0.465 e. The van der Waals surface area contributed by atoms with E-state index in [1.165, 1.54) is 4.90 Å². The van der Waals surface area contributed by atoms with Crippen molar-refractivity contribution in [2.75, 3.05) is 31.2 Å². The molecule has 4 aliphatic heterocycles. The first-order valence-electron chi connectivity index (χ1n) is 14.4. The molecule has 5 atom stereocenters. The van der Waals surface area contributed by atoms with Gasteiger partial charge in [-0.3, -0.25) is 14.4 Å². The quantitative estimate of drug-likeness (QED) is 0.455. The highest BCUT2D eigenvalue weighted by Gasteiger charge is 2.75. The predicted octanol–water partition coefficient (Wildman–Crippen LogP) is 3.77. The summed E-state index contributed by atoms with van der Waals surface area (Å²) < 4.78 is 12.7. The van der Waals surface area contributed by atoms with Crippen LogP contribution in [0.25, 0.3) is 10.8 Å². The van der Waals surface area contributed by atoms with Gasteiger partial charge in [0.1, 0.15) is 23.2 Å². The predicted molar refractivity (Wildman–Crippen MR) is 150 cm³/mol. The van der Waals surface area contributed by atoms with Crippen LogP contribution in [0, 0.1) is 11.8 Å². The molecule has 2 aromatic carbocycles. The number of benzene rings is 2. The summed E-state index contributed by atoms with van der Waals surface area (Å²) in [6, 6.07) is 12.9. The van der Waals surface area contributed by atoms with Crippen molar-refractivity contribution in [3.05, 3.63) is 66.8 Å². The smallest absolute Gasteiger partial charge is 0.313 e. The molecule has 2 amide bonds. The number of esters is 1. The Kier molecular flexibility index (Phi) is 7.00. The third kappa shape index (κ3) is 4.08. The Morgan fingerprint density at radius 1 is 0.975 bits per heavy atom. The molecule has 2 aromatic rings. The number of carbonyl (C=O) groups excluding carboxylic acids is 3. The third-order valence-electron chi connectivity index (χ3n) is 8.98. The maximum atomic E-state index is 14.6. The zero-order chi connectivity index (χ0) is 27.9. The Bertz CT molecular complexity index is 1390. The number of hydrogen-bond acceptors (Lipinski definition) is 6. The van der Waals surface area contributed by atoms with Gasteiger partial charge in [-0.25, -0.2) is 0 Å². The van der Waals surface area contributed by atoms with Gasteiger partial charge in [0.15, 0.2) is 0 Å². The summed E-state index contributed by atoms with van der Waals surface area (Å²) in [7, 11) is 0. The molecule has 0 aromatic heterocycles. The number of hydrogen-bond donors (Lipinski definition) is 1. The summed E-state index contributed by atoms with van der Waals surface area (Å²) in [6.07, 6.45) is 10.9. The Labute approximate surface area is 234 Å². The van der Waals surface area contributed by atoms with Crippen molar-refractivity contribution >= 4 is 34.2 Å². The zero-order valence-corrected chi connectivity index (χ0v) is 22.8. The van der Waals surface area contributed by atoms with Crippen LogP contribution in [0.2, 0.25) is 0 Å². The fraction of sp³-hybridized carbons (Fsp3) is 0.469. The summed E-state index contributed by atoms with van der Waals surface area (Å²) in [6.45, 7) is 2.60. The molecule has 1 N–H and O–H groups in total. The molecular weight excluding hydrogens is 508 g/mol. The monoisotopic (exact) mass is 544 g/mol. The molecule has 210 valence electrons. The fourth-order valence-corrected chi connectivity index (χ4v) is 7.10. The van der Waals surface area contributed by atoms with E-state index in [4.69, 9.17) is 9.47 Å². The van der Waals surface area contributed by atoms with Gasteiger partial charge in [0.2, 0.25) is 5.91 Å². The van der Waals surface area contributed by atoms with E-state index in [1.54, 1.807) is 4.90 Å². The summed E-state index contributed by atoms with van der Waals surface area (Å²) in [5.74, 6) is -2.82. The normalized spacial score (nSPS) is 32.9. The highest BCUT2D eigenvalue weighted by Crippen LogP contribution is 2.58. The van der Waals surface area contributed by atoms with Crippen molar-refractivity contribution in [3.8, 4) is 0 Å². The molecule has 0 bridgehead atoms. The minimum atomic E-state index is -1.34. The molecule has 40 heavy (non-hydrogen) atoms. The average Bonchev–Trinajstić information content (AvgIpc) is 3.32. The first-order chi connectivity index (χ1) is 19.5. The van der Waals surface area contributed by atoms with Crippen LogP contribution in [0.4, 0.5) is 5.69 Å². The molecule has 8 heteroatoms. The first-order valence-corrected chi connectivity index (χ1v) is 14.4. The summed E-state index contributed by atoms with van der Waals surface area (Å²) in [4.78, 5) is 45.7. The van der Waals surface area contributed by atoms with Crippen LogP contribution in [0.15, 0.2) is 66.8 Å². The third-order valence-corrected chi connectivity index (χ3v) is 8.98. The van der Waals surface area contributed by atoms with Gasteiger partial charge in [0.25, 0.3) is 5.91 Å². The average molecular weight is 545 g/mol. The molecule has 2 fully saturated rings. The van der Waals surface area contributed by atoms with E-state index < -0.39 is 35.0 Å². The van der Waals surface area contributed by atoms with Crippen LogP contribution in [-0.4, -0.2) is 71.3 Å². The van der Waals surface area contributed by atoms with Crippen LogP contribution in [-0.2, 0) is 23.9 Å². The first kappa shape index (κ1) is 26.7. The lowest BCUT2D eigenvalue weighted by atomic mass is 9.73. The molecule has 0 radical (unpaired) electrons. The van der Waals surface area contributed by atoms with Gasteiger partial charge in [0.05, 0.1) is 12.5 Å². The van der Waals surface area contributed by atoms with Gasteiger partial charge < -0.3 is 24.4 Å². The second-order valence-electron chi connectivity index (χ2n) is 11.2. The number of ether oxygens (including phenoxy) is 2. The van der Waals surface area contributed by atoms with Crippen LogP contribution >= 0.6 is 0 Å². The Balaban J connectivity index is 1.48. The topological polar surface area (TPSA) is 96.4 Å². The number of carbonyl (C=O) groups is 3. The van der Waals surface area contributed by atoms with Gasteiger partial charge in [0, 0.05) is 25.4 Å². The van der Waals surface area contributed by atoms with Gasteiger partial charge in [-0.05, 0) is 55.0 Å². The van der Waals surface area contributed by atoms with E-state index in [0.717, 1.165) is 35.7 Å². The number of aliphatic hydroxyl groups is 1. The number of aliphatic hydroxyl groups excluding tert-OH is 1.